The van der Waals surface area contributed by atoms with Crippen molar-refractivity contribution in [2.45, 2.75) is 38.5 Å². The highest BCUT2D eigenvalue weighted by molar-refractivity contribution is 7.15. The van der Waals surface area contributed by atoms with Gasteiger partial charge in [-0.05, 0) is 25.7 Å². The van der Waals surface area contributed by atoms with Gasteiger partial charge in [-0.3, -0.25) is 4.79 Å². The molecule has 88 valence electrons. The number of hydrogen-bond donors (Lipinski definition) is 2. The molecular formula is C11H16N2O2S. The summed E-state index contributed by atoms with van der Waals surface area (Å²) >= 11 is 1.61. The Balaban J connectivity index is 2.20. The molecule has 0 radical (unpaired) electrons. The minimum Gasteiger partial charge on any atom is -0.481 e. The van der Waals surface area contributed by atoms with Crippen LogP contribution in [0.15, 0.2) is 0 Å². The van der Waals surface area contributed by atoms with Crippen LogP contribution >= 0.6 is 11.3 Å². The standard InChI is InChI=1S/C11H16N2O2S/c1-2-6-12-11-13-9-7(10(14)15)4-3-5-8(9)16-11/h7H,2-6H2,1H3,(H,12,13)(H,14,15). The molecule has 1 unspecified atom stereocenters. The predicted octanol–water partition coefficient (Wildman–Crippen LogP) is 2.47. The smallest absolute Gasteiger partial charge is 0.312 e. The van der Waals surface area contributed by atoms with E-state index in [0.29, 0.717) is 0 Å². The second-order valence-electron chi connectivity index (χ2n) is 4.04. The molecule has 1 atom stereocenters. The summed E-state index contributed by atoms with van der Waals surface area (Å²) in [5, 5.41) is 13.2. The van der Waals surface area contributed by atoms with Crippen LogP contribution in [0.3, 0.4) is 0 Å². The summed E-state index contributed by atoms with van der Waals surface area (Å²) in [5.74, 6) is -1.13. The number of aryl methyl sites for hydroxylation is 1. The van der Waals surface area contributed by atoms with Crippen molar-refractivity contribution in [3.8, 4) is 0 Å². The lowest BCUT2D eigenvalue weighted by Gasteiger charge is -2.16. The molecule has 0 aliphatic heterocycles. The molecule has 1 aliphatic rings. The van der Waals surface area contributed by atoms with Gasteiger partial charge in [0, 0.05) is 11.4 Å². The fourth-order valence-corrected chi connectivity index (χ4v) is 3.06. The van der Waals surface area contributed by atoms with E-state index in [1.54, 1.807) is 11.3 Å². The molecule has 2 rings (SSSR count). The van der Waals surface area contributed by atoms with Crippen molar-refractivity contribution in [3.05, 3.63) is 10.6 Å². The number of carboxylic acids is 1. The van der Waals surface area contributed by atoms with Gasteiger partial charge in [-0.25, -0.2) is 4.98 Å². The van der Waals surface area contributed by atoms with Gasteiger partial charge >= 0.3 is 5.97 Å². The number of fused-ring (bicyclic) bond motifs is 1. The molecule has 1 aromatic rings. The zero-order chi connectivity index (χ0) is 11.5. The first-order valence-electron chi connectivity index (χ1n) is 5.68. The Bertz CT molecular complexity index is 389. The SMILES string of the molecule is CCCNc1nc2c(s1)CCCC2C(=O)O. The number of anilines is 1. The van der Waals surface area contributed by atoms with Gasteiger partial charge in [0.05, 0.1) is 5.69 Å². The number of nitrogens with one attached hydrogen (secondary N) is 1. The van der Waals surface area contributed by atoms with Crippen LogP contribution in [0.25, 0.3) is 0 Å². The number of thiazole rings is 1. The number of hydrogen-bond acceptors (Lipinski definition) is 4. The normalized spacial score (nSPS) is 19.2. The van der Waals surface area contributed by atoms with Crippen molar-refractivity contribution in [1.82, 2.24) is 4.98 Å². The monoisotopic (exact) mass is 240 g/mol. The van der Waals surface area contributed by atoms with Crippen molar-refractivity contribution < 1.29 is 9.90 Å². The zero-order valence-electron chi connectivity index (χ0n) is 9.32. The molecule has 0 spiro atoms. The molecule has 5 heteroatoms. The Hall–Kier alpha value is -1.10. The highest BCUT2D eigenvalue weighted by Crippen LogP contribution is 2.36. The van der Waals surface area contributed by atoms with Crippen molar-refractivity contribution in [2.75, 3.05) is 11.9 Å². The fraction of sp³-hybridized carbons (Fsp3) is 0.636. The van der Waals surface area contributed by atoms with E-state index in [1.165, 1.54) is 0 Å². The lowest BCUT2D eigenvalue weighted by Crippen LogP contribution is -2.17. The number of nitrogens with zero attached hydrogens (tertiary/aromatic N) is 1. The van der Waals surface area contributed by atoms with Gasteiger partial charge < -0.3 is 10.4 Å². The first kappa shape index (κ1) is 11.4. The summed E-state index contributed by atoms with van der Waals surface area (Å²) in [6, 6.07) is 0. The van der Waals surface area contributed by atoms with Gasteiger partial charge in [-0.15, -0.1) is 11.3 Å². The van der Waals surface area contributed by atoms with Crippen molar-refractivity contribution in [1.29, 1.82) is 0 Å². The zero-order valence-corrected chi connectivity index (χ0v) is 10.1. The van der Waals surface area contributed by atoms with Crippen LogP contribution in [0, 0.1) is 0 Å². The molecule has 0 saturated heterocycles. The van der Waals surface area contributed by atoms with E-state index in [2.05, 4.69) is 17.2 Å². The third-order valence-electron chi connectivity index (χ3n) is 2.78. The van der Waals surface area contributed by atoms with Crippen LogP contribution in [-0.4, -0.2) is 22.6 Å². The van der Waals surface area contributed by atoms with E-state index >= 15 is 0 Å². The summed E-state index contributed by atoms with van der Waals surface area (Å²) in [7, 11) is 0. The minimum absolute atomic E-state index is 0.392. The third-order valence-corrected chi connectivity index (χ3v) is 3.87. The average molecular weight is 240 g/mol. The average Bonchev–Trinajstić information content (AvgIpc) is 2.68. The molecular weight excluding hydrogens is 224 g/mol. The van der Waals surface area contributed by atoms with E-state index in [4.69, 9.17) is 5.11 Å². The van der Waals surface area contributed by atoms with Gasteiger partial charge in [0.2, 0.25) is 0 Å². The molecule has 2 N–H and O–H groups in total. The van der Waals surface area contributed by atoms with Gasteiger partial charge in [-0.1, -0.05) is 6.92 Å². The van der Waals surface area contributed by atoms with Gasteiger partial charge in [0.15, 0.2) is 5.13 Å². The van der Waals surface area contributed by atoms with E-state index in [-0.39, 0.29) is 0 Å². The highest BCUT2D eigenvalue weighted by atomic mass is 32.1. The van der Waals surface area contributed by atoms with Crippen molar-refractivity contribution in [2.24, 2.45) is 0 Å². The molecule has 0 amide bonds. The largest absolute Gasteiger partial charge is 0.481 e. The molecule has 1 aromatic heterocycles. The van der Waals surface area contributed by atoms with E-state index in [0.717, 1.165) is 47.9 Å². The predicted molar refractivity (Wildman–Crippen MR) is 64.2 cm³/mol. The number of carboxylic acid groups (broad SMARTS) is 1. The fourth-order valence-electron chi connectivity index (χ4n) is 1.97. The maximum Gasteiger partial charge on any atom is 0.312 e. The van der Waals surface area contributed by atoms with Crippen molar-refractivity contribution >= 4 is 22.4 Å². The minimum atomic E-state index is -0.742. The summed E-state index contributed by atoms with van der Waals surface area (Å²) < 4.78 is 0. The number of aromatic nitrogens is 1. The van der Waals surface area contributed by atoms with Crippen LogP contribution in [0.5, 0.6) is 0 Å². The van der Waals surface area contributed by atoms with Crippen LogP contribution < -0.4 is 5.32 Å². The maximum absolute atomic E-state index is 11.1. The Kier molecular flexibility index (Phi) is 3.43. The van der Waals surface area contributed by atoms with E-state index < -0.39 is 11.9 Å². The van der Waals surface area contributed by atoms with Gasteiger partial charge in [-0.2, -0.15) is 0 Å². The molecule has 0 aromatic carbocycles. The van der Waals surface area contributed by atoms with Gasteiger partial charge in [0.25, 0.3) is 0 Å². The Morgan fingerprint density at radius 3 is 3.19 bits per heavy atom. The van der Waals surface area contributed by atoms with Crippen LogP contribution in [-0.2, 0) is 11.2 Å². The topological polar surface area (TPSA) is 62.2 Å². The molecule has 16 heavy (non-hydrogen) atoms. The van der Waals surface area contributed by atoms with Crippen molar-refractivity contribution in [3.63, 3.8) is 0 Å². The van der Waals surface area contributed by atoms with Crippen LogP contribution in [0.2, 0.25) is 0 Å². The summed E-state index contributed by atoms with van der Waals surface area (Å²) in [4.78, 5) is 16.7. The second kappa shape index (κ2) is 4.82. The Labute approximate surface area is 98.7 Å². The van der Waals surface area contributed by atoms with E-state index in [1.807, 2.05) is 0 Å². The Morgan fingerprint density at radius 2 is 2.50 bits per heavy atom. The summed E-state index contributed by atoms with van der Waals surface area (Å²) in [5.41, 5.74) is 0.794. The van der Waals surface area contributed by atoms with Gasteiger partial charge in [0.1, 0.15) is 5.92 Å². The Morgan fingerprint density at radius 1 is 1.69 bits per heavy atom. The quantitative estimate of drug-likeness (QED) is 0.848. The molecule has 0 bridgehead atoms. The lowest BCUT2D eigenvalue weighted by molar-refractivity contribution is -0.139. The van der Waals surface area contributed by atoms with Crippen LogP contribution in [0.4, 0.5) is 5.13 Å². The molecule has 1 heterocycles. The molecule has 1 aliphatic carbocycles. The molecule has 0 fully saturated rings. The third kappa shape index (κ3) is 2.19. The summed E-state index contributed by atoms with van der Waals surface area (Å²) in [6.07, 6.45) is 3.70. The number of rotatable bonds is 4. The van der Waals surface area contributed by atoms with E-state index in [9.17, 15) is 4.79 Å². The lowest BCUT2D eigenvalue weighted by atomic mass is 9.91. The first-order chi connectivity index (χ1) is 7.72. The number of aliphatic carboxylic acids is 1. The molecule has 0 saturated carbocycles. The molecule has 4 nitrogen and oxygen atoms in total. The summed E-state index contributed by atoms with van der Waals surface area (Å²) in [6.45, 7) is 2.99. The van der Waals surface area contributed by atoms with Crippen LogP contribution in [0.1, 0.15) is 42.7 Å². The first-order valence-corrected chi connectivity index (χ1v) is 6.50. The number of carbonyl (C=O) groups is 1. The second-order valence-corrected chi connectivity index (χ2v) is 5.12. The highest BCUT2D eigenvalue weighted by Gasteiger charge is 2.29. The maximum atomic E-state index is 11.1.